The third kappa shape index (κ3) is 2.11. The number of benzene rings is 1. The van der Waals surface area contributed by atoms with Crippen LogP contribution in [0, 0.1) is 0 Å². The Hall–Kier alpha value is -1.52. The van der Waals surface area contributed by atoms with Crippen molar-refractivity contribution < 1.29 is 9.90 Å². The minimum Gasteiger partial charge on any atom is -0.380 e. The second-order valence-corrected chi connectivity index (χ2v) is 3.73. The number of aliphatic hydroxyl groups excluding tert-OH is 1. The zero-order chi connectivity index (χ0) is 10.7. The minimum atomic E-state index is -1.12. The number of carbonyl (C=O) groups is 1. The molecule has 1 aromatic heterocycles. The molecule has 0 aliphatic carbocycles. The van der Waals surface area contributed by atoms with E-state index in [1.807, 2.05) is 6.07 Å². The van der Waals surface area contributed by atoms with Gasteiger partial charge in [0.2, 0.25) is 5.78 Å². The van der Waals surface area contributed by atoms with E-state index in [0.717, 1.165) is 0 Å². The van der Waals surface area contributed by atoms with Crippen LogP contribution in [0.2, 0.25) is 0 Å². The van der Waals surface area contributed by atoms with Crippen molar-refractivity contribution in [3.63, 3.8) is 0 Å². The molecule has 0 aliphatic rings. The maximum atomic E-state index is 11.7. The molecule has 15 heavy (non-hydrogen) atoms. The van der Waals surface area contributed by atoms with Gasteiger partial charge in [-0.05, 0) is 23.2 Å². The number of carbonyl (C=O) groups excluding carboxylic acids is 1. The first-order valence-electron chi connectivity index (χ1n) is 4.46. The Morgan fingerprint density at radius 2 is 2.00 bits per heavy atom. The van der Waals surface area contributed by atoms with Gasteiger partial charge in [-0.1, -0.05) is 30.3 Å². The van der Waals surface area contributed by atoms with Gasteiger partial charge in [0.1, 0.15) is 11.8 Å². The lowest BCUT2D eigenvalue weighted by Crippen LogP contribution is -2.12. The van der Waals surface area contributed by atoms with Crippen LogP contribution in [0.25, 0.3) is 0 Å². The summed E-state index contributed by atoms with van der Waals surface area (Å²) in [5.41, 5.74) is 0.909. The van der Waals surface area contributed by atoms with E-state index in [1.54, 1.807) is 35.7 Å². The van der Waals surface area contributed by atoms with Gasteiger partial charge in [0.15, 0.2) is 0 Å². The maximum Gasteiger partial charge on any atom is 0.215 e. The van der Waals surface area contributed by atoms with Gasteiger partial charge in [0.25, 0.3) is 0 Å². The average Bonchev–Trinajstić information content (AvgIpc) is 2.82. The van der Waals surface area contributed by atoms with Crippen molar-refractivity contribution in [3.8, 4) is 0 Å². The molecule has 0 saturated carbocycles. The van der Waals surface area contributed by atoms with Crippen LogP contribution in [0.15, 0.2) is 41.8 Å². The van der Waals surface area contributed by atoms with E-state index in [1.165, 1.54) is 11.5 Å². The normalized spacial score (nSPS) is 12.3. The van der Waals surface area contributed by atoms with Crippen LogP contribution in [-0.2, 0) is 0 Å². The first-order chi connectivity index (χ1) is 7.29. The van der Waals surface area contributed by atoms with Crippen molar-refractivity contribution in [2.45, 2.75) is 6.10 Å². The number of aromatic nitrogens is 1. The molecule has 0 bridgehead atoms. The second-order valence-electron chi connectivity index (χ2n) is 3.06. The number of rotatable bonds is 3. The molecular weight excluding hydrogens is 210 g/mol. The van der Waals surface area contributed by atoms with Crippen LogP contribution in [0.3, 0.4) is 0 Å². The largest absolute Gasteiger partial charge is 0.380 e. The van der Waals surface area contributed by atoms with E-state index >= 15 is 0 Å². The predicted molar refractivity (Wildman–Crippen MR) is 57.8 cm³/mol. The van der Waals surface area contributed by atoms with Gasteiger partial charge in [0.05, 0.1) is 0 Å². The Labute approximate surface area is 91.2 Å². The Balaban J connectivity index is 2.23. The van der Waals surface area contributed by atoms with Crippen LogP contribution < -0.4 is 0 Å². The third-order valence-corrected chi connectivity index (χ3v) is 2.61. The Morgan fingerprint density at radius 1 is 1.27 bits per heavy atom. The average molecular weight is 219 g/mol. The Kier molecular flexibility index (Phi) is 2.89. The second kappa shape index (κ2) is 4.33. The van der Waals surface area contributed by atoms with Gasteiger partial charge in [0, 0.05) is 5.38 Å². The number of ketones is 1. The lowest BCUT2D eigenvalue weighted by molar-refractivity contribution is 0.0743. The molecule has 1 N–H and O–H groups in total. The van der Waals surface area contributed by atoms with Gasteiger partial charge >= 0.3 is 0 Å². The summed E-state index contributed by atoms with van der Waals surface area (Å²) in [5.74, 6) is -0.359. The smallest absolute Gasteiger partial charge is 0.215 e. The first-order valence-corrected chi connectivity index (χ1v) is 5.30. The van der Waals surface area contributed by atoms with Crippen molar-refractivity contribution in [1.29, 1.82) is 0 Å². The quantitative estimate of drug-likeness (QED) is 0.804. The van der Waals surface area contributed by atoms with E-state index in [9.17, 15) is 9.90 Å². The summed E-state index contributed by atoms with van der Waals surface area (Å²) < 4.78 is 3.89. The molecule has 76 valence electrons. The molecule has 1 unspecified atom stereocenters. The highest BCUT2D eigenvalue weighted by molar-refractivity contribution is 7.03. The Morgan fingerprint density at radius 3 is 2.60 bits per heavy atom. The molecule has 0 spiro atoms. The zero-order valence-corrected chi connectivity index (χ0v) is 8.65. The fourth-order valence-corrected chi connectivity index (χ4v) is 1.78. The van der Waals surface area contributed by atoms with Crippen molar-refractivity contribution >= 4 is 17.3 Å². The summed E-state index contributed by atoms with van der Waals surface area (Å²) in [7, 11) is 0. The predicted octanol–water partition coefficient (Wildman–Crippen LogP) is 2.06. The molecule has 0 aliphatic heterocycles. The van der Waals surface area contributed by atoms with Crippen LogP contribution >= 0.6 is 11.5 Å². The lowest BCUT2D eigenvalue weighted by Gasteiger charge is -2.07. The number of hydrogen-bond donors (Lipinski definition) is 1. The van der Waals surface area contributed by atoms with Crippen molar-refractivity contribution in [3.05, 3.63) is 53.0 Å². The molecule has 1 atom stereocenters. The fraction of sp³-hybridized carbons (Fsp3) is 0.0909. The van der Waals surface area contributed by atoms with Gasteiger partial charge in [-0.15, -0.1) is 0 Å². The summed E-state index contributed by atoms with van der Waals surface area (Å²) in [4.78, 5) is 11.7. The van der Waals surface area contributed by atoms with E-state index in [0.29, 0.717) is 11.3 Å². The van der Waals surface area contributed by atoms with Crippen molar-refractivity contribution in [1.82, 2.24) is 4.37 Å². The van der Waals surface area contributed by atoms with Crippen LogP contribution in [0.4, 0.5) is 0 Å². The summed E-state index contributed by atoms with van der Waals surface area (Å²) in [6.45, 7) is 0. The summed E-state index contributed by atoms with van der Waals surface area (Å²) in [6, 6.07) is 10.5. The summed E-state index contributed by atoms with van der Waals surface area (Å²) in [6.07, 6.45) is -1.12. The van der Waals surface area contributed by atoms with Gasteiger partial charge < -0.3 is 5.11 Å². The number of hydrogen-bond acceptors (Lipinski definition) is 4. The summed E-state index contributed by atoms with van der Waals surface area (Å²) >= 11 is 1.20. The van der Waals surface area contributed by atoms with E-state index in [-0.39, 0.29) is 5.78 Å². The standard InChI is InChI=1S/C11H9NO2S/c13-10(8-4-2-1-3-5-8)11(14)9-6-7-15-12-9/h1-7,10,13H. The van der Waals surface area contributed by atoms with E-state index in [4.69, 9.17) is 0 Å². The highest BCUT2D eigenvalue weighted by Gasteiger charge is 2.20. The molecule has 2 aromatic rings. The number of nitrogens with zero attached hydrogens (tertiary/aromatic N) is 1. The SMILES string of the molecule is O=C(c1ccsn1)C(O)c1ccccc1. The van der Waals surface area contributed by atoms with Crippen LogP contribution in [0.1, 0.15) is 22.2 Å². The monoisotopic (exact) mass is 219 g/mol. The Bertz CT molecular complexity index is 439. The molecule has 0 amide bonds. The topological polar surface area (TPSA) is 50.2 Å². The van der Waals surface area contributed by atoms with Crippen LogP contribution in [-0.4, -0.2) is 15.3 Å². The highest BCUT2D eigenvalue weighted by Crippen LogP contribution is 2.17. The highest BCUT2D eigenvalue weighted by atomic mass is 32.1. The lowest BCUT2D eigenvalue weighted by atomic mass is 10.0. The van der Waals surface area contributed by atoms with Gasteiger partial charge in [-0.25, -0.2) is 0 Å². The number of aliphatic hydroxyl groups is 1. The van der Waals surface area contributed by atoms with E-state index in [2.05, 4.69) is 4.37 Å². The zero-order valence-electron chi connectivity index (χ0n) is 7.83. The van der Waals surface area contributed by atoms with Crippen molar-refractivity contribution in [2.75, 3.05) is 0 Å². The van der Waals surface area contributed by atoms with E-state index < -0.39 is 6.10 Å². The van der Waals surface area contributed by atoms with Crippen molar-refractivity contribution in [2.24, 2.45) is 0 Å². The van der Waals surface area contributed by atoms with Gasteiger partial charge in [-0.2, -0.15) is 4.37 Å². The fourth-order valence-electron chi connectivity index (χ4n) is 1.27. The molecule has 3 nitrogen and oxygen atoms in total. The number of Topliss-reactive ketones (excluding diaryl/α,β-unsaturated/α-hetero) is 1. The molecule has 2 rings (SSSR count). The van der Waals surface area contributed by atoms with Crippen LogP contribution in [0.5, 0.6) is 0 Å². The maximum absolute atomic E-state index is 11.7. The molecule has 0 fully saturated rings. The molecule has 4 heteroatoms. The molecular formula is C11H9NO2S. The molecule has 0 saturated heterocycles. The molecule has 1 heterocycles. The third-order valence-electron chi connectivity index (χ3n) is 2.05. The molecule has 1 aromatic carbocycles. The molecule has 0 radical (unpaired) electrons. The first kappa shape index (κ1) is 10.0. The summed E-state index contributed by atoms with van der Waals surface area (Å²) in [5, 5.41) is 11.5. The minimum absolute atomic E-state index is 0.316. The van der Waals surface area contributed by atoms with Gasteiger partial charge in [-0.3, -0.25) is 4.79 Å².